The average Bonchev–Trinajstić information content (AvgIpc) is 3.59. The van der Waals surface area contributed by atoms with E-state index in [1.165, 1.54) is 24.4 Å². The molecule has 35 heavy (non-hydrogen) atoms. The summed E-state index contributed by atoms with van der Waals surface area (Å²) in [7, 11) is -3.83. The fourth-order valence-electron chi connectivity index (χ4n) is 4.22. The minimum Gasteiger partial charge on any atom is -0.474 e. The fourth-order valence-corrected chi connectivity index (χ4v) is 4.67. The van der Waals surface area contributed by atoms with Crippen LogP contribution in [0.25, 0.3) is 0 Å². The van der Waals surface area contributed by atoms with E-state index in [4.69, 9.17) is 4.74 Å². The number of alkyl halides is 3. The van der Waals surface area contributed by atoms with Crippen molar-refractivity contribution in [2.45, 2.75) is 50.4 Å². The summed E-state index contributed by atoms with van der Waals surface area (Å²) in [5.41, 5.74) is 0.298. The Kier molecular flexibility index (Phi) is 7.05. The summed E-state index contributed by atoms with van der Waals surface area (Å²) in [4.78, 5) is 18.0. The van der Waals surface area contributed by atoms with Crippen molar-refractivity contribution in [3.8, 4) is 5.88 Å². The SMILES string of the molecule is CS(=O)(=O)NC(=O)c1cc(C2CC2)c(CN2CCC(Oc3ncccc3C(F)(F)F)CC2)cc1F. The van der Waals surface area contributed by atoms with E-state index in [0.717, 1.165) is 30.7 Å². The maximum atomic E-state index is 14.7. The summed E-state index contributed by atoms with van der Waals surface area (Å²) >= 11 is 0. The summed E-state index contributed by atoms with van der Waals surface area (Å²) in [5.74, 6) is -2.07. The number of nitrogens with zero attached hydrogens (tertiary/aromatic N) is 2. The lowest BCUT2D eigenvalue weighted by Gasteiger charge is -2.32. The lowest BCUT2D eigenvalue weighted by Crippen LogP contribution is -2.38. The Hall–Kier alpha value is -2.73. The number of sulfonamides is 1. The van der Waals surface area contributed by atoms with E-state index in [1.807, 2.05) is 0 Å². The highest BCUT2D eigenvalue weighted by atomic mass is 32.2. The number of hydrogen-bond donors (Lipinski definition) is 1. The number of pyridine rings is 1. The molecule has 2 heterocycles. The van der Waals surface area contributed by atoms with Gasteiger partial charge in [0.1, 0.15) is 17.5 Å². The van der Waals surface area contributed by atoms with Gasteiger partial charge < -0.3 is 4.74 Å². The second-order valence-electron chi connectivity index (χ2n) is 8.96. The third-order valence-electron chi connectivity index (χ3n) is 6.05. The van der Waals surface area contributed by atoms with Gasteiger partial charge in [0.05, 0.1) is 11.8 Å². The number of carbonyl (C=O) groups excluding carboxylic acids is 1. The molecular formula is C23H25F4N3O4S. The van der Waals surface area contributed by atoms with Gasteiger partial charge in [-0.25, -0.2) is 22.5 Å². The molecule has 0 bridgehead atoms. The molecule has 1 N–H and O–H groups in total. The predicted octanol–water partition coefficient (Wildman–Crippen LogP) is 3.85. The molecule has 7 nitrogen and oxygen atoms in total. The summed E-state index contributed by atoms with van der Waals surface area (Å²) in [6.45, 7) is 1.46. The second-order valence-corrected chi connectivity index (χ2v) is 10.7. The van der Waals surface area contributed by atoms with Crippen LogP contribution in [-0.2, 0) is 22.7 Å². The van der Waals surface area contributed by atoms with E-state index >= 15 is 0 Å². The van der Waals surface area contributed by atoms with Crippen LogP contribution < -0.4 is 9.46 Å². The Balaban J connectivity index is 1.42. The van der Waals surface area contributed by atoms with Gasteiger partial charge in [-0.2, -0.15) is 13.2 Å². The molecule has 0 unspecified atom stereocenters. The number of ether oxygens (including phenoxy) is 1. The van der Waals surface area contributed by atoms with Gasteiger partial charge in [0, 0.05) is 25.8 Å². The van der Waals surface area contributed by atoms with Crippen LogP contribution in [0.4, 0.5) is 17.6 Å². The van der Waals surface area contributed by atoms with Gasteiger partial charge in [0.15, 0.2) is 0 Å². The van der Waals surface area contributed by atoms with Crippen molar-refractivity contribution in [2.75, 3.05) is 19.3 Å². The molecule has 1 aromatic heterocycles. The molecule has 0 radical (unpaired) electrons. The lowest BCUT2D eigenvalue weighted by molar-refractivity contribution is -0.139. The molecule has 2 aromatic rings. The third-order valence-corrected chi connectivity index (χ3v) is 6.61. The van der Waals surface area contributed by atoms with Crippen LogP contribution in [0, 0.1) is 5.82 Å². The largest absolute Gasteiger partial charge is 0.474 e. The zero-order chi connectivity index (χ0) is 25.4. The van der Waals surface area contributed by atoms with E-state index in [0.29, 0.717) is 38.0 Å². The summed E-state index contributed by atoms with van der Waals surface area (Å²) in [6.07, 6.45) is -0.159. The van der Waals surface area contributed by atoms with Crippen LogP contribution in [0.2, 0.25) is 0 Å². The standard InChI is InChI=1S/C23H25F4N3O4S/c1-35(32,33)29-21(31)18-12-17(14-4-5-14)15(11-20(18)24)13-30-9-6-16(7-10-30)34-22-19(23(25,26)27)3-2-8-28-22/h2-3,8,11-12,14,16H,4-7,9-10,13H2,1H3,(H,29,31). The minimum absolute atomic E-state index is 0.182. The number of rotatable bonds is 7. The molecule has 190 valence electrons. The van der Waals surface area contributed by atoms with Crippen LogP contribution in [0.15, 0.2) is 30.5 Å². The van der Waals surface area contributed by atoms with Crippen molar-refractivity contribution < 1.29 is 35.5 Å². The average molecular weight is 516 g/mol. The zero-order valence-corrected chi connectivity index (χ0v) is 19.8. The third kappa shape index (κ3) is 6.49. The number of piperidine rings is 1. The first-order chi connectivity index (χ1) is 16.4. The van der Waals surface area contributed by atoms with Gasteiger partial charge in [-0.3, -0.25) is 9.69 Å². The number of likely N-dealkylation sites (tertiary alicyclic amines) is 1. The summed E-state index contributed by atoms with van der Waals surface area (Å²) in [5, 5.41) is 0. The highest BCUT2D eigenvalue weighted by Crippen LogP contribution is 2.43. The maximum absolute atomic E-state index is 14.7. The number of nitrogens with one attached hydrogen (secondary N) is 1. The van der Waals surface area contributed by atoms with Gasteiger partial charge in [0.2, 0.25) is 15.9 Å². The van der Waals surface area contributed by atoms with Gasteiger partial charge in [0.25, 0.3) is 5.91 Å². The Bertz CT molecular complexity index is 1210. The summed E-state index contributed by atoms with van der Waals surface area (Å²) < 4.78 is 84.4. The van der Waals surface area contributed by atoms with Crippen LogP contribution in [0.5, 0.6) is 5.88 Å². The molecule has 1 aliphatic carbocycles. The van der Waals surface area contributed by atoms with Crippen LogP contribution in [0.1, 0.15) is 58.6 Å². The van der Waals surface area contributed by atoms with Crippen LogP contribution >= 0.6 is 0 Å². The molecule has 0 spiro atoms. The van der Waals surface area contributed by atoms with E-state index in [1.54, 1.807) is 4.72 Å². The van der Waals surface area contributed by atoms with Gasteiger partial charge >= 0.3 is 6.18 Å². The van der Waals surface area contributed by atoms with Gasteiger partial charge in [-0.15, -0.1) is 0 Å². The molecule has 12 heteroatoms. The number of amides is 1. The van der Waals surface area contributed by atoms with Crippen LogP contribution in [0.3, 0.4) is 0 Å². The smallest absolute Gasteiger partial charge is 0.421 e. The summed E-state index contributed by atoms with van der Waals surface area (Å²) in [6, 6.07) is 4.85. The molecular weight excluding hydrogens is 490 g/mol. The molecule has 1 saturated carbocycles. The van der Waals surface area contributed by atoms with E-state index in [-0.39, 0.29) is 11.5 Å². The zero-order valence-electron chi connectivity index (χ0n) is 18.9. The van der Waals surface area contributed by atoms with Crippen molar-refractivity contribution in [1.82, 2.24) is 14.6 Å². The molecule has 0 atom stereocenters. The first-order valence-electron chi connectivity index (χ1n) is 11.2. The molecule has 1 amide bonds. The topological polar surface area (TPSA) is 88.6 Å². The van der Waals surface area contributed by atoms with E-state index in [9.17, 15) is 30.8 Å². The monoisotopic (exact) mass is 515 g/mol. The Morgan fingerprint density at radius 2 is 1.89 bits per heavy atom. The number of aromatic nitrogens is 1. The molecule has 2 aliphatic rings. The second kappa shape index (κ2) is 9.73. The van der Waals surface area contributed by atoms with Gasteiger partial charge in [-0.05, 0) is 67.0 Å². The van der Waals surface area contributed by atoms with Crippen molar-refractivity contribution in [3.63, 3.8) is 0 Å². The maximum Gasteiger partial charge on any atom is 0.421 e. The van der Waals surface area contributed by atoms with E-state index in [2.05, 4.69) is 9.88 Å². The molecule has 2 fully saturated rings. The Morgan fingerprint density at radius 1 is 1.20 bits per heavy atom. The quantitative estimate of drug-likeness (QED) is 0.564. The highest BCUT2D eigenvalue weighted by molar-refractivity contribution is 7.89. The van der Waals surface area contributed by atoms with Crippen molar-refractivity contribution in [1.29, 1.82) is 0 Å². The Labute approximate surface area is 200 Å². The predicted molar refractivity (Wildman–Crippen MR) is 119 cm³/mol. The van der Waals surface area contributed by atoms with Crippen molar-refractivity contribution in [3.05, 3.63) is 58.5 Å². The Morgan fingerprint density at radius 3 is 2.49 bits per heavy atom. The van der Waals surface area contributed by atoms with Crippen molar-refractivity contribution in [2.24, 2.45) is 0 Å². The first-order valence-corrected chi connectivity index (χ1v) is 13.1. The molecule has 4 rings (SSSR count). The molecule has 1 aromatic carbocycles. The fraction of sp³-hybridized carbons (Fsp3) is 0.478. The van der Waals surface area contributed by atoms with Gasteiger partial charge in [-0.1, -0.05) is 0 Å². The molecule has 1 aliphatic heterocycles. The number of benzene rings is 1. The van der Waals surface area contributed by atoms with E-state index < -0.39 is 45.5 Å². The number of hydrogen-bond acceptors (Lipinski definition) is 6. The van der Waals surface area contributed by atoms with Crippen molar-refractivity contribution >= 4 is 15.9 Å². The minimum atomic E-state index is -4.56. The first kappa shape index (κ1) is 25.4. The van der Waals surface area contributed by atoms with Crippen LogP contribution in [-0.4, -0.2) is 49.7 Å². The molecule has 1 saturated heterocycles. The number of carbonyl (C=O) groups is 1. The lowest BCUT2D eigenvalue weighted by atomic mass is 9.97. The highest BCUT2D eigenvalue weighted by Gasteiger charge is 2.36. The normalized spacial score (nSPS) is 17.9. The number of halogens is 4.